The molecule has 0 amide bonds. The van der Waals surface area contributed by atoms with Crippen LogP contribution >= 0.6 is 11.8 Å². The lowest BCUT2D eigenvalue weighted by molar-refractivity contribution is 0.421. The molecule has 6 nitrogen and oxygen atoms in total. The third-order valence-corrected chi connectivity index (χ3v) is 4.09. The molecule has 23 heavy (non-hydrogen) atoms. The molecule has 8 heteroatoms. The third kappa shape index (κ3) is 3.58. The van der Waals surface area contributed by atoms with Crippen molar-refractivity contribution in [3.8, 4) is 0 Å². The van der Waals surface area contributed by atoms with E-state index in [9.17, 15) is 4.39 Å². The van der Waals surface area contributed by atoms with Gasteiger partial charge in [-0.25, -0.2) is 24.0 Å². The van der Waals surface area contributed by atoms with Gasteiger partial charge in [-0.05, 0) is 19.1 Å². The summed E-state index contributed by atoms with van der Waals surface area (Å²) in [4.78, 5) is 13.3. The number of nitrogens with one attached hydrogen (secondary N) is 1. The van der Waals surface area contributed by atoms with Gasteiger partial charge in [0.05, 0.1) is 17.8 Å². The number of anilines is 1. The van der Waals surface area contributed by atoms with Crippen LogP contribution < -0.4 is 5.32 Å². The van der Waals surface area contributed by atoms with Gasteiger partial charge in [0.25, 0.3) is 0 Å². The number of alkyl halides is 1. The number of fused-ring (bicyclic) bond motifs is 1. The maximum atomic E-state index is 12.5. The zero-order chi connectivity index (χ0) is 16.1. The number of hydrogen-bond donors (Lipinski definition) is 1. The lowest BCUT2D eigenvalue weighted by Crippen LogP contribution is -2.07. The molecule has 120 valence electrons. The predicted octanol–water partition coefficient (Wildman–Crippen LogP) is 2.91. The normalized spacial score (nSPS) is 11.0. The van der Waals surface area contributed by atoms with Crippen LogP contribution in [0.4, 0.5) is 10.2 Å². The van der Waals surface area contributed by atoms with Gasteiger partial charge < -0.3 is 5.32 Å². The Morgan fingerprint density at radius 1 is 1.26 bits per heavy atom. The van der Waals surface area contributed by atoms with Crippen molar-refractivity contribution in [2.24, 2.45) is 0 Å². The lowest BCUT2D eigenvalue weighted by Gasteiger charge is -2.09. The summed E-state index contributed by atoms with van der Waals surface area (Å²) >= 11 is 1.47. The van der Waals surface area contributed by atoms with Gasteiger partial charge in [0.1, 0.15) is 24.6 Å². The van der Waals surface area contributed by atoms with Gasteiger partial charge in [0, 0.05) is 11.9 Å². The van der Waals surface area contributed by atoms with E-state index >= 15 is 0 Å². The highest BCUT2D eigenvalue weighted by molar-refractivity contribution is 7.98. The zero-order valence-corrected chi connectivity index (χ0v) is 13.6. The smallest absolute Gasteiger partial charge is 0.190 e. The second-order valence-corrected chi connectivity index (χ2v) is 5.72. The summed E-state index contributed by atoms with van der Waals surface area (Å²) in [6.45, 7) is 2.58. The molecule has 0 aliphatic heterocycles. The fourth-order valence-electron chi connectivity index (χ4n) is 2.22. The van der Waals surface area contributed by atoms with E-state index < -0.39 is 6.67 Å². The van der Waals surface area contributed by atoms with Crippen LogP contribution in [0.5, 0.6) is 0 Å². The van der Waals surface area contributed by atoms with Crippen LogP contribution in [0.1, 0.15) is 12.7 Å². The highest BCUT2D eigenvalue weighted by Gasteiger charge is 2.10. The van der Waals surface area contributed by atoms with Crippen molar-refractivity contribution in [1.82, 2.24) is 24.7 Å². The molecule has 3 rings (SSSR count). The number of aromatic nitrogens is 5. The summed E-state index contributed by atoms with van der Waals surface area (Å²) in [7, 11) is 0. The van der Waals surface area contributed by atoms with E-state index in [2.05, 4.69) is 25.4 Å². The van der Waals surface area contributed by atoms with Crippen LogP contribution in [0.15, 0.2) is 35.7 Å². The molecule has 0 aliphatic rings. The highest BCUT2D eigenvalue weighted by Crippen LogP contribution is 2.25. The average Bonchev–Trinajstić information content (AvgIpc) is 3.01. The zero-order valence-electron chi connectivity index (χ0n) is 12.7. The third-order valence-electron chi connectivity index (χ3n) is 3.25. The highest BCUT2D eigenvalue weighted by atomic mass is 32.2. The molecule has 0 atom stereocenters. The Bertz CT molecular complexity index is 790. The number of rotatable bonds is 7. The molecule has 1 aromatic carbocycles. The minimum Gasteiger partial charge on any atom is -0.370 e. The fourth-order valence-corrected chi connectivity index (χ4v) is 3.02. The average molecular weight is 332 g/mol. The van der Waals surface area contributed by atoms with Crippen molar-refractivity contribution in [2.75, 3.05) is 18.5 Å². The molecule has 0 unspecified atom stereocenters. The van der Waals surface area contributed by atoms with Crippen molar-refractivity contribution in [2.45, 2.75) is 24.4 Å². The lowest BCUT2D eigenvalue weighted by atomic mass is 10.2. The summed E-state index contributed by atoms with van der Waals surface area (Å²) in [5.41, 5.74) is 0.895. The maximum Gasteiger partial charge on any atom is 0.190 e. The van der Waals surface area contributed by atoms with Crippen molar-refractivity contribution < 1.29 is 4.39 Å². The van der Waals surface area contributed by atoms with Crippen molar-refractivity contribution in [3.05, 3.63) is 36.4 Å². The van der Waals surface area contributed by atoms with Crippen molar-refractivity contribution in [3.63, 3.8) is 0 Å². The Balaban J connectivity index is 1.83. The van der Waals surface area contributed by atoms with Gasteiger partial charge in [-0.3, -0.25) is 0 Å². The van der Waals surface area contributed by atoms with Gasteiger partial charge in [-0.1, -0.05) is 23.9 Å². The van der Waals surface area contributed by atoms with Crippen LogP contribution in [0.2, 0.25) is 0 Å². The maximum absolute atomic E-state index is 12.5. The van der Waals surface area contributed by atoms with Crippen LogP contribution in [-0.2, 0) is 12.3 Å². The monoisotopic (exact) mass is 332 g/mol. The Morgan fingerprint density at radius 3 is 2.96 bits per heavy atom. The van der Waals surface area contributed by atoms with Gasteiger partial charge in [0.15, 0.2) is 5.16 Å². The van der Waals surface area contributed by atoms with Crippen molar-refractivity contribution in [1.29, 1.82) is 0 Å². The first-order valence-electron chi connectivity index (χ1n) is 7.38. The van der Waals surface area contributed by atoms with Gasteiger partial charge >= 0.3 is 0 Å². The minimum absolute atomic E-state index is 0.219. The van der Waals surface area contributed by atoms with E-state index in [1.54, 1.807) is 4.68 Å². The van der Waals surface area contributed by atoms with E-state index in [1.807, 2.05) is 31.2 Å². The number of para-hydroxylation sites is 1. The topological polar surface area (TPSA) is 68.5 Å². The van der Waals surface area contributed by atoms with Crippen LogP contribution in [0.3, 0.4) is 0 Å². The summed E-state index contributed by atoms with van der Waals surface area (Å²) in [6, 6.07) is 7.89. The van der Waals surface area contributed by atoms with Crippen LogP contribution in [-0.4, -0.2) is 38.0 Å². The molecule has 2 aromatic heterocycles. The second kappa shape index (κ2) is 7.36. The number of thioether (sulfide) groups is 1. The molecule has 3 aromatic rings. The quantitative estimate of drug-likeness (QED) is 0.530. The Labute approximate surface area is 137 Å². The number of halogens is 1. The molecule has 0 bridgehead atoms. The standard InChI is InChI=1S/C15H17FN6S/c1-2-17-14-11-5-3-4-6-12(11)20-15(21-14)23-9-13-18-10-19-22(13)8-7-16/h3-6,10H,2,7-9H2,1H3,(H,17,20,21). The molecule has 0 saturated carbocycles. The largest absolute Gasteiger partial charge is 0.370 e. The van der Waals surface area contributed by atoms with E-state index in [0.717, 1.165) is 29.1 Å². The SMILES string of the molecule is CCNc1nc(SCc2ncnn2CCF)nc2ccccc12. The summed E-state index contributed by atoms with van der Waals surface area (Å²) < 4.78 is 14.1. The van der Waals surface area contributed by atoms with E-state index in [0.29, 0.717) is 10.9 Å². The summed E-state index contributed by atoms with van der Waals surface area (Å²) in [5, 5.41) is 8.94. The van der Waals surface area contributed by atoms with E-state index in [-0.39, 0.29) is 6.54 Å². The van der Waals surface area contributed by atoms with E-state index in [1.165, 1.54) is 18.1 Å². The molecule has 0 aliphatic carbocycles. The Kier molecular flexibility index (Phi) is 5.02. The Morgan fingerprint density at radius 2 is 2.13 bits per heavy atom. The number of nitrogens with zero attached hydrogens (tertiary/aromatic N) is 5. The molecule has 0 spiro atoms. The van der Waals surface area contributed by atoms with Crippen LogP contribution in [0, 0.1) is 0 Å². The molecule has 0 radical (unpaired) electrons. The van der Waals surface area contributed by atoms with Crippen molar-refractivity contribution >= 4 is 28.5 Å². The first kappa shape index (κ1) is 15.7. The van der Waals surface area contributed by atoms with Gasteiger partial charge in [0.2, 0.25) is 0 Å². The number of hydrogen-bond acceptors (Lipinski definition) is 6. The number of aryl methyl sites for hydroxylation is 1. The molecule has 0 fully saturated rings. The predicted molar refractivity (Wildman–Crippen MR) is 89.3 cm³/mol. The first-order chi connectivity index (χ1) is 11.3. The van der Waals surface area contributed by atoms with Gasteiger partial charge in [-0.2, -0.15) is 5.10 Å². The molecular weight excluding hydrogens is 315 g/mol. The summed E-state index contributed by atoms with van der Waals surface area (Å²) in [5.74, 6) is 2.09. The molecule has 0 saturated heterocycles. The van der Waals surface area contributed by atoms with E-state index in [4.69, 9.17) is 0 Å². The minimum atomic E-state index is -0.460. The fraction of sp³-hybridized carbons (Fsp3) is 0.333. The number of benzene rings is 1. The molecule has 2 heterocycles. The van der Waals surface area contributed by atoms with Gasteiger partial charge in [-0.15, -0.1) is 0 Å². The molecule has 1 N–H and O–H groups in total. The summed E-state index contributed by atoms with van der Waals surface area (Å²) in [6.07, 6.45) is 1.44. The second-order valence-electron chi connectivity index (χ2n) is 4.78. The van der Waals surface area contributed by atoms with Crippen LogP contribution in [0.25, 0.3) is 10.9 Å². The Hall–Kier alpha value is -2.22. The molecular formula is C15H17FN6S. The first-order valence-corrected chi connectivity index (χ1v) is 8.36.